The maximum atomic E-state index is 13.9. The summed E-state index contributed by atoms with van der Waals surface area (Å²) in [5.74, 6) is 0.0169. The van der Waals surface area contributed by atoms with Gasteiger partial charge in [0, 0.05) is 56.8 Å². The average molecular weight is 721 g/mol. The summed E-state index contributed by atoms with van der Waals surface area (Å²) in [6.45, 7) is 4.94. The standard InChI is InChI=1S/C37H48N6O5S2/c1-26(2)35-40-31(24-49-35)22-43(3)36(45)42-33(17-18-47-4)34(44)39-29(19-27-11-7-5-8-12-27)15-16-30(20-28-13-9-6-10-14-28)41-37(46)48-23-32-21-38-25-50-32/h5-14,21,24-26,29-30,33H,15-20,22-23H2,1-4H3,(H,39,44)(H,41,46)(H,42,45)/t29-,30-,33+/m1/s1. The molecule has 0 radical (unpaired) electrons. The highest BCUT2D eigenvalue weighted by atomic mass is 32.1. The van der Waals surface area contributed by atoms with Gasteiger partial charge in [0.1, 0.15) is 12.6 Å². The molecule has 4 aromatic rings. The van der Waals surface area contributed by atoms with Crippen LogP contribution < -0.4 is 16.0 Å². The summed E-state index contributed by atoms with van der Waals surface area (Å²) in [6, 6.07) is 18.2. The molecule has 268 valence electrons. The summed E-state index contributed by atoms with van der Waals surface area (Å²) in [4.78, 5) is 51.1. The quantitative estimate of drug-likeness (QED) is 0.103. The average Bonchev–Trinajstić information content (AvgIpc) is 3.82. The third kappa shape index (κ3) is 13.2. The minimum atomic E-state index is -0.815. The number of hydrogen-bond donors (Lipinski definition) is 3. The molecule has 0 spiro atoms. The maximum Gasteiger partial charge on any atom is 0.407 e. The highest BCUT2D eigenvalue weighted by Crippen LogP contribution is 2.20. The second kappa shape index (κ2) is 20.4. The number of carbonyl (C=O) groups is 3. The van der Waals surface area contributed by atoms with Gasteiger partial charge in [-0.1, -0.05) is 74.5 Å². The van der Waals surface area contributed by atoms with Crippen LogP contribution in [-0.2, 0) is 40.3 Å². The molecule has 11 nitrogen and oxygen atoms in total. The smallest absolute Gasteiger partial charge is 0.407 e. The molecule has 50 heavy (non-hydrogen) atoms. The molecule has 2 aromatic heterocycles. The van der Waals surface area contributed by atoms with Crippen molar-refractivity contribution < 1.29 is 23.9 Å². The van der Waals surface area contributed by atoms with E-state index < -0.39 is 12.1 Å². The second-order valence-electron chi connectivity index (χ2n) is 12.5. The molecule has 13 heteroatoms. The van der Waals surface area contributed by atoms with E-state index in [1.807, 2.05) is 66.0 Å². The monoisotopic (exact) mass is 720 g/mol. The number of alkyl carbamates (subject to hydrolysis) is 1. The summed E-state index contributed by atoms with van der Waals surface area (Å²) in [5.41, 5.74) is 4.65. The van der Waals surface area contributed by atoms with Crippen molar-refractivity contribution in [3.8, 4) is 0 Å². The van der Waals surface area contributed by atoms with E-state index in [4.69, 9.17) is 9.47 Å². The molecule has 0 aliphatic heterocycles. The molecule has 4 rings (SSSR count). The lowest BCUT2D eigenvalue weighted by Crippen LogP contribution is -2.53. The molecule has 0 fully saturated rings. The van der Waals surface area contributed by atoms with Gasteiger partial charge in [-0.25, -0.2) is 14.6 Å². The summed E-state index contributed by atoms with van der Waals surface area (Å²) < 4.78 is 10.8. The highest BCUT2D eigenvalue weighted by molar-refractivity contribution is 7.09. The summed E-state index contributed by atoms with van der Waals surface area (Å²) >= 11 is 3.00. The maximum absolute atomic E-state index is 13.9. The number of hydrogen-bond acceptors (Lipinski definition) is 9. The number of amides is 4. The van der Waals surface area contributed by atoms with E-state index in [0.29, 0.717) is 51.2 Å². The zero-order chi connectivity index (χ0) is 35.7. The van der Waals surface area contributed by atoms with Gasteiger partial charge in [0.05, 0.1) is 27.6 Å². The SMILES string of the molecule is COCC[C@H](NC(=O)N(C)Cc1csc(C(C)C)n1)C(=O)N[C@H](CC[C@H](Cc1ccccc1)NC(=O)OCc1cncs1)Cc1ccccc1. The number of thiazole rings is 2. The molecule has 2 aromatic carbocycles. The molecule has 0 bridgehead atoms. The molecular formula is C37H48N6O5S2. The summed E-state index contributed by atoms with van der Waals surface area (Å²) in [6.07, 6.45) is 3.80. The van der Waals surface area contributed by atoms with Crippen LogP contribution in [0.15, 0.2) is 77.8 Å². The fraction of sp³-hybridized carbons (Fsp3) is 0.432. The van der Waals surface area contributed by atoms with E-state index in [9.17, 15) is 14.4 Å². The van der Waals surface area contributed by atoms with Gasteiger partial charge in [-0.3, -0.25) is 9.78 Å². The number of aromatic nitrogens is 2. The molecular weight excluding hydrogens is 673 g/mol. The zero-order valence-electron chi connectivity index (χ0n) is 29.2. The van der Waals surface area contributed by atoms with Crippen molar-refractivity contribution in [3.05, 3.63) is 104 Å². The van der Waals surface area contributed by atoms with Gasteiger partial charge < -0.3 is 30.3 Å². The zero-order valence-corrected chi connectivity index (χ0v) is 30.8. The molecule has 0 aliphatic carbocycles. The molecule has 0 saturated heterocycles. The molecule has 0 aliphatic rings. The van der Waals surface area contributed by atoms with Crippen LogP contribution in [0.4, 0.5) is 9.59 Å². The number of benzene rings is 2. The van der Waals surface area contributed by atoms with Gasteiger partial charge >= 0.3 is 12.1 Å². The van der Waals surface area contributed by atoms with E-state index in [1.54, 1.807) is 37.2 Å². The Morgan fingerprint density at radius 3 is 2.06 bits per heavy atom. The first-order valence-corrected chi connectivity index (χ1v) is 18.6. The lowest BCUT2D eigenvalue weighted by Gasteiger charge is -2.27. The summed E-state index contributed by atoms with van der Waals surface area (Å²) in [5, 5.41) is 12.1. The van der Waals surface area contributed by atoms with Crippen LogP contribution in [0.2, 0.25) is 0 Å². The predicted molar refractivity (Wildman–Crippen MR) is 197 cm³/mol. The van der Waals surface area contributed by atoms with Crippen LogP contribution in [0.5, 0.6) is 0 Å². The number of nitrogens with zero attached hydrogens (tertiary/aromatic N) is 3. The van der Waals surface area contributed by atoms with Crippen molar-refractivity contribution in [2.45, 2.75) is 83.1 Å². The van der Waals surface area contributed by atoms with Crippen molar-refractivity contribution in [1.82, 2.24) is 30.8 Å². The Hall–Kier alpha value is -4.33. The third-order valence-corrected chi connectivity index (χ3v) is 9.99. The van der Waals surface area contributed by atoms with Gasteiger partial charge in [-0.2, -0.15) is 0 Å². The van der Waals surface area contributed by atoms with Crippen LogP contribution in [0, 0.1) is 0 Å². The molecule has 4 amide bonds. The van der Waals surface area contributed by atoms with E-state index in [1.165, 1.54) is 16.2 Å². The minimum absolute atomic E-state index is 0.147. The van der Waals surface area contributed by atoms with Gasteiger partial charge in [0.25, 0.3) is 0 Å². The Labute approximate surface area is 302 Å². The number of carbonyl (C=O) groups excluding carboxylic acids is 3. The number of nitrogens with one attached hydrogen (secondary N) is 3. The molecule has 3 N–H and O–H groups in total. The van der Waals surface area contributed by atoms with Crippen LogP contribution >= 0.6 is 22.7 Å². The molecule has 2 heterocycles. The fourth-order valence-electron chi connectivity index (χ4n) is 5.35. The Balaban J connectivity index is 1.43. The predicted octanol–water partition coefficient (Wildman–Crippen LogP) is 6.31. The Morgan fingerprint density at radius 2 is 1.50 bits per heavy atom. The van der Waals surface area contributed by atoms with E-state index in [0.717, 1.165) is 26.7 Å². The lowest BCUT2D eigenvalue weighted by atomic mass is 9.95. The van der Waals surface area contributed by atoms with Crippen molar-refractivity contribution in [1.29, 1.82) is 0 Å². The minimum Gasteiger partial charge on any atom is -0.444 e. The second-order valence-corrected chi connectivity index (χ2v) is 14.4. The first-order valence-electron chi connectivity index (χ1n) is 16.8. The van der Waals surface area contributed by atoms with Crippen molar-refractivity contribution in [2.75, 3.05) is 20.8 Å². The lowest BCUT2D eigenvalue weighted by molar-refractivity contribution is -0.124. The van der Waals surface area contributed by atoms with Gasteiger partial charge in [-0.15, -0.1) is 22.7 Å². The molecule has 0 unspecified atom stereocenters. The van der Waals surface area contributed by atoms with E-state index in [-0.39, 0.29) is 30.6 Å². The van der Waals surface area contributed by atoms with Crippen LogP contribution in [0.1, 0.15) is 65.7 Å². The van der Waals surface area contributed by atoms with Crippen molar-refractivity contribution >= 4 is 40.7 Å². The van der Waals surface area contributed by atoms with E-state index in [2.05, 4.69) is 39.8 Å². The van der Waals surface area contributed by atoms with Crippen molar-refractivity contribution in [2.24, 2.45) is 0 Å². The van der Waals surface area contributed by atoms with E-state index >= 15 is 0 Å². The van der Waals surface area contributed by atoms with Gasteiger partial charge in [0.15, 0.2) is 0 Å². The number of methoxy groups -OCH3 is 1. The van der Waals surface area contributed by atoms with Crippen LogP contribution in [-0.4, -0.2) is 71.8 Å². The third-order valence-electron chi connectivity index (χ3n) is 8.04. The fourth-order valence-corrected chi connectivity index (χ4v) is 6.68. The molecule has 3 atom stereocenters. The Kier molecular flexibility index (Phi) is 15.7. The number of ether oxygens (including phenoxy) is 2. The normalized spacial score (nSPS) is 12.9. The van der Waals surface area contributed by atoms with Crippen LogP contribution in [0.25, 0.3) is 0 Å². The highest BCUT2D eigenvalue weighted by Gasteiger charge is 2.26. The topological polar surface area (TPSA) is 135 Å². The van der Waals surface area contributed by atoms with Gasteiger partial charge in [0.2, 0.25) is 5.91 Å². The van der Waals surface area contributed by atoms with Crippen molar-refractivity contribution in [3.63, 3.8) is 0 Å². The summed E-state index contributed by atoms with van der Waals surface area (Å²) in [7, 11) is 3.26. The largest absolute Gasteiger partial charge is 0.444 e. The number of rotatable bonds is 19. The number of urea groups is 1. The van der Waals surface area contributed by atoms with Gasteiger partial charge in [-0.05, 0) is 36.8 Å². The Morgan fingerprint density at radius 1 is 0.860 bits per heavy atom. The first kappa shape index (κ1) is 38.5. The molecule has 0 saturated carbocycles. The van der Waals surface area contributed by atoms with Crippen LogP contribution in [0.3, 0.4) is 0 Å². The first-order chi connectivity index (χ1) is 24.2. The Bertz CT molecular complexity index is 1590.